The van der Waals surface area contributed by atoms with Crippen molar-refractivity contribution in [3.63, 3.8) is 0 Å². The molecule has 2 nitrogen and oxygen atoms in total. The summed E-state index contributed by atoms with van der Waals surface area (Å²) in [5.41, 5.74) is 10.1. The van der Waals surface area contributed by atoms with Gasteiger partial charge in [0.2, 0.25) is 0 Å². The molecule has 1 heterocycles. The fourth-order valence-corrected chi connectivity index (χ4v) is 2.73. The molecule has 1 aliphatic heterocycles. The SMILES string of the molecule is Cc1cccc(C(N)C2COc3ccccc3C2)c1. The minimum atomic E-state index is 0.0354. The fraction of sp³-hybridized carbons (Fsp3) is 0.294. The number of aryl methyl sites for hydroxylation is 1. The molecule has 0 saturated carbocycles. The summed E-state index contributed by atoms with van der Waals surface area (Å²) >= 11 is 0. The molecule has 19 heavy (non-hydrogen) atoms. The Labute approximate surface area is 114 Å². The van der Waals surface area contributed by atoms with E-state index < -0.39 is 0 Å². The van der Waals surface area contributed by atoms with Crippen LogP contribution in [0.2, 0.25) is 0 Å². The Morgan fingerprint density at radius 1 is 1.16 bits per heavy atom. The quantitative estimate of drug-likeness (QED) is 0.891. The second-order valence-electron chi connectivity index (χ2n) is 5.32. The van der Waals surface area contributed by atoms with E-state index in [1.54, 1.807) is 0 Å². The van der Waals surface area contributed by atoms with E-state index in [-0.39, 0.29) is 6.04 Å². The van der Waals surface area contributed by atoms with Crippen molar-refractivity contribution in [2.24, 2.45) is 11.7 Å². The Balaban J connectivity index is 1.81. The number of rotatable bonds is 2. The van der Waals surface area contributed by atoms with E-state index in [0.717, 1.165) is 12.2 Å². The molecule has 1 aliphatic rings. The Kier molecular flexibility index (Phi) is 3.26. The summed E-state index contributed by atoms with van der Waals surface area (Å²) in [6.45, 7) is 2.80. The summed E-state index contributed by atoms with van der Waals surface area (Å²) in [6.07, 6.45) is 0.991. The molecule has 2 aromatic carbocycles. The highest BCUT2D eigenvalue weighted by Gasteiger charge is 2.25. The first kappa shape index (κ1) is 12.2. The van der Waals surface area contributed by atoms with Crippen LogP contribution in [0.25, 0.3) is 0 Å². The largest absolute Gasteiger partial charge is 0.493 e. The molecule has 98 valence electrons. The minimum absolute atomic E-state index is 0.0354. The van der Waals surface area contributed by atoms with E-state index >= 15 is 0 Å². The van der Waals surface area contributed by atoms with E-state index in [1.807, 2.05) is 12.1 Å². The molecule has 0 bridgehead atoms. The number of fused-ring (bicyclic) bond motifs is 1. The average molecular weight is 253 g/mol. The van der Waals surface area contributed by atoms with Crippen LogP contribution in [0, 0.1) is 12.8 Å². The molecule has 2 N–H and O–H groups in total. The zero-order valence-electron chi connectivity index (χ0n) is 11.2. The lowest BCUT2D eigenvalue weighted by Gasteiger charge is -2.29. The van der Waals surface area contributed by atoms with Crippen molar-refractivity contribution in [2.75, 3.05) is 6.61 Å². The standard InChI is InChI=1S/C17H19NO/c1-12-5-4-7-14(9-12)17(18)15-10-13-6-2-3-8-16(13)19-11-15/h2-9,15,17H,10-11,18H2,1H3. The summed E-state index contributed by atoms with van der Waals surface area (Å²) in [5, 5.41) is 0. The molecule has 0 spiro atoms. The summed E-state index contributed by atoms with van der Waals surface area (Å²) in [4.78, 5) is 0. The molecular weight excluding hydrogens is 234 g/mol. The van der Waals surface area contributed by atoms with Gasteiger partial charge < -0.3 is 10.5 Å². The molecule has 0 fully saturated rings. The second kappa shape index (κ2) is 5.06. The van der Waals surface area contributed by atoms with Crippen LogP contribution < -0.4 is 10.5 Å². The summed E-state index contributed by atoms with van der Waals surface area (Å²) in [5.74, 6) is 1.35. The molecule has 0 aliphatic carbocycles. The second-order valence-corrected chi connectivity index (χ2v) is 5.32. The third-order valence-electron chi connectivity index (χ3n) is 3.84. The highest BCUT2D eigenvalue weighted by Crippen LogP contribution is 2.32. The van der Waals surface area contributed by atoms with Gasteiger partial charge in [0.25, 0.3) is 0 Å². The lowest BCUT2D eigenvalue weighted by molar-refractivity contribution is 0.200. The van der Waals surface area contributed by atoms with Gasteiger partial charge in [0, 0.05) is 12.0 Å². The van der Waals surface area contributed by atoms with Gasteiger partial charge in [0.1, 0.15) is 5.75 Å². The molecule has 2 heteroatoms. The summed E-state index contributed by atoms with van der Waals surface area (Å²) < 4.78 is 5.83. The Hall–Kier alpha value is -1.80. The van der Waals surface area contributed by atoms with Crippen molar-refractivity contribution in [1.29, 1.82) is 0 Å². The van der Waals surface area contributed by atoms with Gasteiger partial charge in [-0.1, -0.05) is 48.0 Å². The summed E-state index contributed by atoms with van der Waals surface area (Å²) in [7, 11) is 0. The molecule has 0 radical (unpaired) electrons. The number of para-hydroxylation sites is 1. The molecule has 3 rings (SSSR count). The highest BCUT2D eigenvalue weighted by molar-refractivity contribution is 5.36. The number of benzene rings is 2. The predicted molar refractivity (Wildman–Crippen MR) is 77.2 cm³/mol. The van der Waals surface area contributed by atoms with Crippen molar-refractivity contribution in [1.82, 2.24) is 0 Å². The van der Waals surface area contributed by atoms with Crippen LogP contribution in [0.1, 0.15) is 22.7 Å². The Bertz CT molecular complexity index is 579. The van der Waals surface area contributed by atoms with E-state index in [2.05, 4.69) is 43.3 Å². The normalized spacial score (nSPS) is 19.4. The van der Waals surface area contributed by atoms with Crippen molar-refractivity contribution in [3.05, 3.63) is 65.2 Å². The fourth-order valence-electron chi connectivity index (χ4n) is 2.73. The maximum absolute atomic E-state index is 6.42. The molecule has 2 unspecified atom stereocenters. The van der Waals surface area contributed by atoms with Crippen LogP contribution in [0.15, 0.2) is 48.5 Å². The van der Waals surface area contributed by atoms with Gasteiger partial charge in [-0.15, -0.1) is 0 Å². The molecule has 0 aromatic heterocycles. The predicted octanol–water partition coefficient (Wildman–Crippen LogP) is 3.25. The topological polar surface area (TPSA) is 35.2 Å². The van der Waals surface area contributed by atoms with Crippen molar-refractivity contribution >= 4 is 0 Å². The smallest absolute Gasteiger partial charge is 0.122 e. The van der Waals surface area contributed by atoms with Gasteiger partial charge in [0.15, 0.2) is 0 Å². The first-order valence-corrected chi connectivity index (χ1v) is 6.77. The number of hydrogen-bond acceptors (Lipinski definition) is 2. The molecule has 0 amide bonds. The zero-order valence-corrected chi connectivity index (χ0v) is 11.2. The van der Waals surface area contributed by atoms with Gasteiger partial charge in [-0.3, -0.25) is 0 Å². The minimum Gasteiger partial charge on any atom is -0.493 e. The lowest BCUT2D eigenvalue weighted by atomic mass is 9.87. The highest BCUT2D eigenvalue weighted by atomic mass is 16.5. The molecule has 0 saturated heterocycles. The number of ether oxygens (including phenoxy) is 1. The third-order valence-corrected chi connectivity index (χ3v) is 3.84. The maximum atomic E-state index is 6.42. The molecule has 2 aromatic rings. The lowest BCUT2D eigenvalue weighted by Crippen LogP contribution is -2.31. The monoisotopic (exact) mass is 253 g/mol. The first-order valence-electron chi connectivity index (χ1n) is 6.77. The van der Waals surface area contributed by atoms with Crippen LogP contribution in [0.4, 0.5) is 0 Å². The van der Waals surface area contributed by atoms with E-state index in [4.69, 9.17) is 10.5 Å². The van der Waals surface area contributed by atoms with E-state index in [0.29, 0.717) is 12.5 Å². The van der Waals surface area contributed by atoms with Crippen LogP contribution in [0.3, 0.4) is 0 Å². The van der Waals surface area contributed by atoms with E-state index in [1.165, 1.54) is 16.7 Å². The van der Waals surface area contributed by atoms with Gasteiger partial charge in [-0.25, -0.2) is 0 Å². The van der Waals surface area contributed by atoms with Crippen LogP contribution >= 0.6 is 0 Å². The zero-order chi connectivity index (χ0) is 13.2. The first-order chi connectivity index (χ1) is 9.24. The van der Waals surface area contributed by atoms with Crippen LogP contribution in [-0.4, -0.2) is 6.61 Å². The molecule has 2 atom stereocenters. The summed E-state index contributed by atoms with van der Waals surface area (Å²) in [6, 6.07) is 16.7. The van der Waals surface area contributed by atoms with Gasteiger partial charge in [0.05, 0.1) is 6.61 Å². The Morgan fingerprint density at radius 2 is 2.00 bits per heavy atom. The van der Waals surface area contributed by atoms with Crippen LogP contribution in [-0.2, 0) is 6.42 Å². The van der Waals surface area contributed by atoms with Crippen molar-refractivity contribution < 1.29 is 4.74 Å². The van der Waals surface area contributed by atoms with Gasteiger partial charge in [-0.05, 0) is 30.5 Å². The third kappa shape index (κ3) is 2.49. The van der Waals surface area contributed by atoms with Crippen LogP contribution in [0.5, 0.6) is 5.75 Å². The Morgan fingerprint density at radius 3 is 2.84 bits per heavy atom. The number of hydrogen-bond donors (Lipinski definition) is 1. The van der Waals surface area contributed by atoms with Gasteiger partial charge >= 0.3 is 0 Å². The number of nitrogens with two attached hydrogens (primary N) is 1. The van der Waals surface area contributed by atoms with E-state index in [9.17, 15) is 0 Å². The molecular formula is C17H19NO. The maximum Gasteiger partial charge on any atom is 0.122 e. The van der Waals surface area contributed by atoms with Crippen molar-refractivity contribution in [2.45, 2.75) is 19.4 Å². The van der Waals surface area contributed by atoms with Crippen molar-refractivity contribution in [3.8, 4) is 5.75 Å². The average Bonchev–Trinajstić information content (AvgIpc) is 2.46. The van der Waals surface area contributed by atoms with Gasteiger partial charge in [-0.2, -0.15) is 0 Å².